The Kier molecular flexibility index (Phi) is 3.38. The summed E-state index contributed by atoms with van der Waals surface area (Å²) in [6.07, 6.45) is 1.45. The second-order valence-corrected chi connectivity index (χ2v) is 3.89. The lowest BCUT2D eigenvalue weighted by Crippen LogP contribution is -2.04. The van der Waals surface area contributed by atoms with Crippen molar-refractivity contribution >= 4 is 17.7 Å². The fraction of sp³-hybridized carbons (Fsp3) is 0.375. The van der Waals surface area contributed by atoms with Crippen LogP contribution >= 0.6 is 11.8 Å². The highest BCUT2D eigenvalue weighted by molar-refractivity contribution is 7.99. The van der Waals surface area contributed by atoms with E-state index in [0.29, 0.717) is 16.9 Å². The Morgan fingerprint density at radius 3 is 2.88 bits per heavy atom. The third kappa shape index (κ3) is 2.81. The number of rotatable bonds is 4. The van der Waals surface area contributed by atoms with E-state index in [1.165, 1.54) is 18.1 Å². The smallest absolute Gasteiger partial charge is 0.322 e. The first-order valence-electron chi connectivity index (χ1n) is 4.85. The van der Waals surface area contributed by atoms with Gasteiger partial charge in [-0.2, -0.15) is 20.1 Å². The zero-order chi connectivity index (χ0) is 12.3. The maximum absolute atomic E-state index is 5.56. The number of nitrogens with zero attached hydrogens (tertiary/aromatic N) is 6. The molecule has 0 aliphatic carbocycles. The molecular formula is C8H11N7OS. The Balaban J connectivity index is 2.23. The summed E-state index contributed by atoms with van der Waals surface area (Å²) < 4.78 is 6.79. The summed E-state index contributed by atoms with van der Waals surface area (Å²) >= 11 is 1.24. The highest BCUT2D eigenvalue weighted by atomic mass is 32.2. The molecule has 0 saturated heterocycles. The standard InChI is InChI=1S/C8H11N7OS/c1-3-16-6-12-5(9)13-7(14-6)17-8-10-4-11-15(8)2/h4H,3H2,1-2H3,(H2,9,12,13,14). The van der Waals surface area contributed by atoms with Crippen molar-refractivity contribution in [2.75, 3.05) is 12.3 Å². The van der Waals surface area contributed by atoms with Crippen LogP contribution in [0.4, 0.5) is 5.95 Å². The van der Waals surface area contributed by atoms with Crippen molar-refractivity contribution in [3.63, 3.8) is 0 Å². The molecule has 0 unspecified atom stereocenters. The minimum Gasteiger partial charge on any atom is -0.464 e. The summed E-state index contributed by atoms with van der Waals surface area (Å²) in [7, 11) is 1.78. The summed E-state index contributed by atoms with van der Waals surface area (Å²) in [6, 6.07) is 0.213. The first-order valence-corrected chi connectivity index (χ1v) is 5.67. The van der Waals surface area contributed by atoms with Gasteiger partial charge in [0.1, 0.15) is 6.33 Å². The van der Waals surface area contributed by atoms with Gasteiger partial charge in [-0.15, -0.1) is 0 Å². The molecule has 0 aliphatic heterocycles. The van der Waals surface area contributed by atoms with E-state index in [1.807, 2.05) is 6.92 Å². The monoisotopic (exact) mass is 253 g/mol. The van der Waals surface area contributed by atoms with E-state index in [1.54, 1.807) is 11.7 Å². The van der Waals surface area contributed by atoms with Gasteiger partial charge in [-0.05, 0) is 18.7 Å². The van der Waals surface area contributed by atoms with Crippen LogP contribution in [0.15, 0.2) is 16.6 Å². The molecule has 2 rings (SSSR count). The van der Waals surface area contributed by atoms with Crippen LogP contribution in [0.3, 0.4) is 0 Å². The lowest BCUT2D eigenvalue weighted by Gasteiger charge is -2.03. The lowest BCUT2D eigenvalue weighted by atomic mass is 10.8. The van der Waals surface area contributed by atoms with Crippen LogP contribution in [-0.4, -0.2) is 36.3 Å². The molecule has 9 heteroatoms. The molecule has 0 fully saturated rings. The molecule has 0 atom stereocenters. The van der Waals surface area contributed by atoms with E-state index in [9.17, 15) is 0 Å². The van der Waals surface area contributed by atoms with Crippen LogP contribution in [0.2, 0.25) is 0 Å². The Morgan fingerprint density at radius 1 is 1.41 bits per heavy atom. The van der Waals surface area contributed by atoms with Crippen LogP contribution < -0.4 is 10.5 Å². The molecule has 0 aromatic carbocycles. The van der Waals surface area contributed by atoms with Crippen LogP contribution in [0.5, 0.6) is 6.01 Å². The van der Waals surface area contributed by atoms with E-state index in [-0.39, 0.29) is 12.0 Å². The Morgan fingerprint density at radius 2 is 2.24 bits per heavy atom. The predicted molar refractivity (Wildman–Crippen MR) is 60.5 cm³/mol. The average Bonchev–Trinajstić information content (AvgIpc) is 2.64. The number of aryl methyl sites for hydroxylation is 1. The van der Waals surface area contributed by atoms with Crippen molar-refractivity contribution in [3.8, 4) is 6.01 Å². The van der Waals surface area contributed by atoms with E-state index in [2.05, 4.69) is 25.0 Å². The van der Waals surface area contributed by atoms with Gasteiger partial charge in [0.2, 0.25) is 11.1 Å². The zero-order valence-corrected chi connectivity index (χ0v) is 10.2. The number of hydrogen-bond acceptors (Lipinski definition) is 8. The molecule has 17 heavy (non-hydrogen) atoms. The second kappa shape index (κ2) is 4.95. The second-order valence-electron chi connectivity index (χ2n) is 2.96. The fourth-order valence-electron chi connectivity index (χ4n) is 1.05. The quantitative estimate of drug-likeness (QED) is 0.819. The number of anilines is 1. The normalized spacial score (nSPS) is 10.5. The third-order valence-corrected chi connectivity index (χ3v) is 2.65. The highest BCUT2D eigenvalue weighted by Crippen LogP contribution is 2.23. The summed E-state index contributed by atoms with van der Waals surface area (Å²) in [4.78, 5) is 16.0. The molecule has 2 aromatic rings. The molecule has 0 radical (unpaired) electrons. The van der Waals surface area contributed by atoms with Crippen LogP contribution in [0.25, 0.3) is 0 Å². The molecule has 2 aromatic heterocycles. The minimum absolute atomic E-state index is 0.119. The SMILES string of the molecule is CCOc1nc(N)nc(Sc2ncnn2C)n1. The largest absolute Gasteiger partial charge is 0.464 e. The minimum atomic E-state index is 0.119. The van der Waals surface area contributed by atoms with Crippen LogP contribution in [-0.2, 0) is 7.05 Å². The molecule has 90 valence electrons. The lowest BCUT2D eigenvalue weighted by molar-refractivity contribution is 0.308. The maximum Gasteiger partial charge on any atom is 0.322 e. The Labute approximate surface area is 102 Å². The molecule has 0 amide bonds. The van der Waals surface area contributed by atoms with E-state index >= 15 is 0 Å². The molecule has 0 saturated carbocycles. The predicted octanol–water partition coefficient (Wildman–Crippen LogP) is 0.132. The van der Waals surface area contributed by atoms with E-state index in [0.717, 1.165) is 0 Å². The van der Waals surface area contributed by atoms with Gasteiger partial charge in [-0.3, -0.25) is 0 Å². The summed E-state index contributed by atoms with van der Waals surface area (Å²) in [5, 5.41) is 5.04. The number of aromatic nitrogens is 6. The molecule has 2 heterocycles. The number of nitrogen functional groups attached to an aromatic ring is 1. The summed E-state index contributed by atoms with van der Waals surface area (Å²) in [6.45, 7) is 2.31. The average molecular weight is 253 g/mol. The van der Waals surface area contributed by atoms with Crippen molar-refractivity contribution in [2.45, 2.75) is 17.2 Å². The van der Waals surface area contributed by atoms with Gasteiger partial charge in [0.05, 0.1) is 6.61 Å². The van der Waals surface area contributed by atoms with Crippen molar-refractivity contribution < 1.29 is 4.74 Å². The van der Waals surface area contributed by atoms with Gasteiger partial charge in [0, 0.05) is 7.05 Å². The maximum atomic E-state index is 5.56. The number of ether oxygens (including phenoxy) is 1. The number of hydrogen-bond donors (Lipinski definition) is 1. The third-order valence-electron chi connectivity index (χ3n) is 1.74. The molecule has 8 nitrogen and oxygen atoms in total. The van der Waals surface area contributed by atoms with Gasteiger partial charge in [-0.1, -0.05) is 0 Å². The van der Waals surface area contributed by atoms with Gasteiger partial charge >= 0.3 is 6.01 Å². The van der Waals surface area contributed by atoms with Crippen LogP contribution in [0.1, 0.15) is 6.92 Å². The highest BCUT2D eigenvalue weighted by Gasteiger charge is 2.10. The van der Waals surface area contributed by atoms with E-state index < -0.39 is 0 Å². The van der Waals surface area contributed by atoms with Crippen molar-refractivity contribution in [1.29, 1.82) is 0 Å². The summed E-state index contributed by atoms with van der Waals surface area (Å²) in [5.74, 6) is 0.119. The first-order chi connectivity index (χ1) is 8.19. The van der Waals surface area contributed by atoms with Gasteiger partial charge in [0.15, 0.2) is 5.16 Å². The zero-order valence-electron chi connectivity index (χ0n) is 9.36. The molecule has 2 N–H and O–H groups in total. The molecular weight excluding hydrogens is 242 g/mol. The number of nitrogens with two attached hydrogens (primary N) is 1. The first kappa shape index (κ1) is 11.6. The Hall–Kier alpha value is -1.90. The van der Waals surface area contributed by atoms with Crippen molar-refractivity contribution in [1.82, 2.24) is 29.7 Å². The Bertz CT molecular complexity index is 514. The van der Waals surface area contributed by atoms with Crippen molar-refractivity contribution in [2.24, 2.45) is 7.05 Å². The fourth-order valence-corrected chi connectivity index (χ4v) is 1.76. The van der Waals surface area contributed by atoms with E-state index in [4.69, 9.17) is 10.5 Å². The topological polar surface area (TPSA) is 105 Å². The molecule has 0 spiro atoms. The van der Waals surface area contributed by atoms with Crippen molar-refractivity contribution in [3.05, 3.63) is 6.33 Å². The molecule has 0 aliphatic rings. The van der Waals surface area contributed by atoms with Crippen LogP contribution in [0, 0.1) is 0 Å². The summed E-state index contributed by atoms with van der Waals surface area (Å²) in [5.41, 5.74) is 5.56. The van der Waals surface area contributed by atoms with Gasteiger partial charge in [0.25, 0.3) is 0 Å². The van der Waals surface area contributed by atoms with Gasteiger partial charge < -0.3 is 10.5 Å². The van der Waals surface area contributed by atoms with Gasteiger partial charge in [-0.25, -0.2) is 9.67 Å². The molecule has 0 bridgehead atoms.